The zero-order valence-electron chi connectivity index (χ0n) is 14.1. The molecule has 0 bridgehead atoms. The molecule has 0 unspecified atom stereocenters. The van der Waals surface area contributed by atoms with Gasteiger partial charge in [-0.1, -0.05) is 19.9 Å². The van der Waals surface area contributed by atoms with Gasteiger partial charge >= 0.3 is 0 Å². The first-order valence-electron chi connectivity index (χ1n) is 8.52. The molecule has 1 aromatic carbocycles. The Balaban J connectivity index is 1.43. The van der Waals surface area contributed by atoms with E-state index in [0.29, 0.717) is 19.2 Å². The van der Waals surface area contributed by atoms with Crippen molar-refractivity contribution < 1.29 is 9.47 Å². The van der Waals surface area contributed by atoms with E-state index in [1.54, 1.807) is 6.20 Å². The van der Waals surface area contributed by atoms with Gasteiger partial charge in [0.15, 0.2) is 6.10 Å². The Bertz CT molecular complexity index is 826. The number of benzene rings is 1. The molecular formula is C19H22N2O3. The fraction of sp³-hybridized carbons (Fsp3) is 0.474. The molecule has 1 atom stereocenters. The summed E-state index contributed by atoms with van der Waals surface area (Å²) >= 11 is 0. The summed E-state index contributed by atoms with van der Waals surface area (Å²) < 4.78 is 13.5. The fourth-order valence-corrected chi connectivity index (χ4v) is 3.71. The van der Waals surface area contributed by atoms with Gasteiger partial charge < -0.3 is 9.47 Å². The minimum Gasteiger partial charge on any atom is -0.490 e. The summed E-state index contributed by atoms with van der Waals surface area (Å²) in [4.78, 5) is 15.1. The van der Waals surface area contributed by atoms with Crippen molar-refractivity contribution in [2.45, 2.75) is 51.2 Å². The SMILES string of the molecule is CC1(C)CCCc2cc(OC[C@@H]3Cn4ccc(=O)nc4O3)ccc21. The van der Waals surface area contributed by atoms with Crippen molar-refractivity contribution in [3.63, 3.8) is 0 Å². The Morgan fingerprint density at radius 2 is 2.25 bits per heavy atom. The third-order valence-corrected chi connectivity index (χ3v) is 5.01. The summed E-state index contributed by atoms with van der Waals surface area (Å²) in [5.41, 5.74) is 2.81. The van der Waals surface area contributed by atoms with Gasteiger partial charge in [-0.05, 0) is 47.9 Å². The molecule has 0 saturated carbocycles. The van der Waals surface area contributed by atoms with Gasteiger partial charge in [0.05, 0.1) is 6.54 Å². The van der Waals surface area contributed by atoms with Crippen LogP contribution >= 0.6 is 0 Å². The van der Waals surface area contributed by atoms with E-state index in [-0.39, 0.29) is 17.1 Å². The summed E-state index contributed by atoms with van der Waals surface area (Å²) in [6.07, 6.45) is 5.18. The zero-order valence-corrected chi connectivity index (χ0v) is 14.1. The van der Waals surface area contributed by atoms with Crippen LogP contribution in [0.25, 0.3) is 0 Å². The van der Waals surface area contributed by atoms with Gasteiger partial charge in [-0.15, -0.1) is 0 Å². The topological polar surface area (TPSA) is 53.4 Å². The molecule has 0 radical (unpaired) electrons. The van der Waals surface area contributed by atoms with E-state index in [4.69, 9.17) is 9.47 Å². The quantitative estimate of drug-likeness (QED) is 0.870. The Hall–Kier alpha value is -2.30. The number of ether oxygens (including phenoxy) is 2. The minimum absolute atomic E-state index is 0.119. The second-order valence-corrected chi connectivity index (χ2v) is 7.31. The summed E-state index contributed by atoms with van der Waals surface area (Å²) in [6, 6.07) is 8.24. The van der Waals surface area contributed by atoms with Crippen LogP contribution in [0, 0.1) is 0 Å². The predicted molar refractivity (Wildman–Crippen MR) is 90.8 cm³/mol. The largest absolute Gasteiger partial charge is 0.490 e. The van der Waals surface area contributed by atoms with Crippen LogP contribution < -0.4 is 15.0 Å². The number of nitrogens with zero attached hydrogens (tertiary/aromatic N) is 2. The molecule has 126 valence electrons. The first-order valence-corrected chi connectivity index (χ1v) is 8.52. The van der Waals surface area contributed by atoms with Crippen molar-refractivity contribution in [1.82, 2.24) is 9.55 Å². The summed E-state index contributed by atoms with van der Waals surface area (Å²) in [5.74, 6) is 0.883. The van der Waals surface area contributed by atoms with Crippen molar-refractivity contribution in [2.24, 2.45) is 0 Å². The van der Waals surface area contributed by atoms with Gasteiger partial charge in [0.25, 0.3) is 11.6 Å². The van der Waals surface area contributed by atoms with Crippen LogP contribution in [-0.4, -0.2) is 22.3 Å². The molecule has 5 heteroatoms. The molecule has 0 fully saturated rings. The predicted octanol–water partition coefficient (Wildman–Crippen LogP) is 2.70. The van der Waals surface area contributed by atoms with E-state index in [9.17, 15) is 4.79 Å². The van der Waals surface area contributed by atoms with Gasteiger partial charge in [-0.2, -0.15) is 4.98 Å². The molecule has 24 heavy (non-hydrogen) atoms. The first-order chi connectivity index (χ1) is 11.5. The average Bonchev–Trinajstić information content (AvgIpc) is 2.94. The van der Waals surface area contributed by atoms with E-state index in [1.165, 1.54) is 30.0 Å². The van der Waals surface area contributed by atoms with Crippen LogP contribution in [0.3, 0.4) is 0 Å². The first kappa shape index (κ1) is 15.2. The van der Waals surface area contributed by atoms with Gasteiger partial charge in [0, 0.05) is 12.3 Å². The molecule has 0 amide bonds. The van der Waals surface area contributed by atoms with Crippen molar-refractivity contribution in [2.75, 3.05) is 6.61 Å². The average molecular weight is 326 g/mol. The lowest BCUT2D eigenvalue weighted by molar-refractivity contribution is 0.143. The molecule has 5 nitrogen and oxygen atoms in total. The molecule has 0 spiro atoms. The Morgan fingerprint density at radius 1 is 1.38 bits per heavy atom. The van der Waals surface area contributed by atoms with E-state index in [2.05, 4.69) is 37.0 Å². The van der Waals surface area contributed by atoms with Crippen molar-refractivity contribution in [3.05, 3.63) is 51.9 Å². The molecule has 2 heterocycles. The van der Waals surface area contributed by atoms with E-state index >= 15 is 0 Å². The highest BCUT2D eigenvalue weighted by atomic mass is 16.6. The van der Waals surface area contributed by atoms with Crippen molar-refractivity contribution in [3.8, 4) is 11.8 Å². The lowest BCUT2D eigenvalue weighted by Crippen LogP contribution is -2.25. The number of hydrogen-bond acceptors (Lipinski definition) is 4. The third kappa shape index (κ3) is 2.79. The molecule has 0 saturated heterocycles. The second kappa shape index (κ2) is 5.65. The standard InChI is InChI=1S/C19H22N2O3/c1-19(2)8-3-4-13-10-14(5-6-16(13)19)23-12-15-11-21-9-7-17(22)20-18(21)24-15/h5-7,9-10,15H,3-4,8,11-12H2,1-2H3/t15-/m0/s1. The molecule has 4 rings (SSSR count). The lowest BCUT2D eigenvalue weighted by Gasteiger charge is -2.32. The Labute approximate surface area is 141 Å². The maximum atomic E-state index is 11.3. The maximum Gasteiger partial charge on any atom is 0.300 e. The van der Waals surface area contributed by atoms with E-state index in [0.717, 1.165) is 12.2 Å². The number of rotatable bonds is 3. The number of hydrogen-bond donors (Lipinski definition) is 0. The normalized spacial score (nSPS) is 20.8. The molecule has 0 N–H and O–H groups in total. The molecular weight excluding hydrogens is 304 g/mol. The highest BCUT2D eigenvalue weighted by Crippen LogP contribution is 2.38. The highest BCUT2D eigenvalue weighted by molar-refractivity contribution is 5.41. The Morgan fingerprint density at radius 3 is 3.12 bits per heavy atom. The number of aryl methyl sites for hydroxylation is 1. The molecule has 1 aliphatic carbocycles. The maximum absolute atomic E-state index is 11.3. The third-order valence-electron chi connectivity index (χ3n) is 5.01. The summed E-state index contributed by atoms with van der Waals surface area (Å²) in [6.45, 7) is 5.72. The minimum atomic E-state index is -0.278. The number of fused-ring (bicyclic) bond motifs is 2. The lowest BCUT2D eigenvalue weighted by atomic mass is 9.73. The fourth-order valence-electron chi connectivity index (χ4n) is 3.71. The van der Waals surface area contributed by atoms with Crippen LogP contribution in [0.1, 0.15) is 37.8 Å². The van der Waals surface area contributed by atoms with Crippen LogP contribution in [0.2, 0.25) is 0 Å². The van der Waals surface area contributed by atoms with Crippen LogP contribution in [0.5, 0.6) is 11.8 Å². The van der Waals surface area contributed by atoms with Crippen LogP contribution in [0.15, 0.2) is 35.3 Å². The molecule has 1 aromatic heterocycles. The zero-order chi connectivity index (χ0) is 16.7. The summed E-state index contributed by atoms with van der Waals surface area (Å²) in [5, 5.41) is 0. The van der Waals surface area contributed by atoms with Crippen LogP contribution in [0.4, 0.5) is 0 Å². The Kier molecular flexibility index (Phi) is 3.59. The van der Waals surface area contributed by atoms with Gasteiger partial charge in [0.1, 0.15) is 12.4 Å². The summed E-state index contributed by atoms with van der Waals surface area (Å²) in [7, 11) is 0. The second-order valence-electron chi connectivity index (χ2n) is 7.31. The molecule has 1 aliphatic heterocycles. The molecule has 2 aromatic rings. The van der Waals surface area contributed by atoms with Crippen LogP contribution in [-0.2, 0) is 18.4 Å². The monoisotopic (exact) mass is 326 g/mol. The molecule has 2 aliphatic rings. The van der Waals surface area contributed by atoms with Gasteiger partial charge in [-0.3, -0.25) is 9.36 Å². The van der Waals surface area contributed by atoms with Crippen molar-refractivity contribution in [1.29, 1.82) is 0 Å². The van der Waals surface area contributed by atoms with Crippen molar-refractivity contribution >= 4 is 0 Å². The highest BCUT2D eigenvalue weighted by Gasteiger charge is 2.28. The van der Waals surface area contributed by atoms with Gasteiger partial charge in [0.2, 0.25) is 0 Å². The smallest absolute Gasteiger partial charge is 0.300 e. The van der Waals surface area contributed by atoms with E-state index in [1.807, 2.05) is 4.57 Å². The van der Waals surface area contributed by atoms with Gasteiger partial charge in [-0.25, -0.2) is 0 Å². The number of aromatic nitrogens is 2. The van der Waals surface area contributed by atoms with E-state index < -0.39 is 0 Å².